The molecule has 0 aliphatic carbocycles. The fraction of sp³-hybridized carbons (Fsp3) is 0.264. The predicted octanol–water partition coefficient (Wildman–Crippen LogP) is 7.12. The number of alkyl carbamates (subject to hydrolysis) is 3. The van der Waals surface area contributed by atoms with E-state index in [1.54, 1.807) is 69.3 Å². The average Bonchev–Trinajstić information content (AvgIpc) is 3.33. The molecule has 16 nitrogen and oxygen atoms in total. The van der Waals surface area contributed by atoms with Crippen molar-refractivity contribution >= 4 is 63.5 Å². The maximum absolute atomic E-state index is 14.4. The SMILES string of the molecule is CC(C)(C)OC(=O)N[C@H](Cc1cccc2ccccc12)C(=O)N[C@@H](CCCN=C(NC(=O)OCc1ccccc1)NC(=O)OCc1ccccc1)C(=O)N[C@H](Cc1ccc2ccccc2c1)C(N)=O. The summed E-state index contributed by atoms with van der Waals surface area (Å²) in [6.07, 6.45) is -2.57. The summed E-state index contributed by atoms with van der Waals surface area (Å²) in [5.74, 6) is -2.54. The normalized spacial score (nSPS) is 12.3. The van der Waals surface area contributed by atoms with E-state index >= 15 is 0 Å². The van der Waals surface area contributed by atoms with Crippen LogP contribution in [0.25, 0.3) is 21.5 Å². The van der Waals surface area contributed by atoms with Crippen LogP contribution in [-0.2, 0) is 54.6 Å². The van der Waals surface area contributed by atoms with Gasteiger partial charge in [0.1, 0.15) is 36.9 Å². The topological polar surface area (TPSA) is 229 Å². The average molecular weight is 936 g/mol. The molecule has 0 radical (unpaired) electrons. The second kappa shape index (κ2) is 24.5. The van der Waals surface area contributed by atoms with Crippen molar-refractivity contribution in [3.8, 4) is 0 Å². The Morgan fingerprint density at radius 3 is 1.72 bits per heavy atom. The van der Waals surface area contributed by atoms with Gasteiger partial charge in [0, 0.05) is 19.4 Å². The van der Waals surface area contributed by atoms with Crippen LogP contribution in [0.1, 0.15) is 55.9 Å². The van der Waals surface area contributed by atoms with Crippen LogP contribution in [-0.4, -0.2) is 72.2 Å². The Hall–Kier alpha value is -8.27. The van der Waals surface area contributed by atoms with Crippen LogP contribution < -0.4 is 32.3 Å². The minimum Gasteiger partial charge on any atom is -0.444 e. The van der Waals surface area contributed by atoms with E-state index in [2.05, 4.69) is 31.6 Å². The maximum atomic E-state index is 14.4. The Kier molecular flexibility index (Phi) is 17.8. The Morgan fingerprint density at radius 2 is 1.10 bits per heavy atom. The molecule has 6 rings (SSSR count). The number of hydrogen-bond acceptors (Lipinski definition) is 10. The summed E-state index contributed by atoms with van der Waals surface area (Å²) in [6.45, 7) is 4.86. The first-order chi connectivity index (χ1) is 33.2. The second-order valence-electron chi connectivity index (χ2n) is 17.2. The molecule has 0 unspecified atom stereocenters. The van der Waals surface area contributed by atoms with Gasteiger partial charge in [-0.25, -0.2) is 14.4 Å². The molecule has 16 heteroatoms. The minimum absolute atomic E-state index is 0.0262. The molecule has 0 aliphatic heterocycles. The summed E-state index contributed by atoms with van der Waals surface area (Å²) < 4.78 is 16.2. The minimum atomic E-state index is -1.31. The van der Waals surface area contributed by atoms with Gasteiger partial charge in [-0.2, -0.15) is 0 Å². The monoisotopic (exact) mass is 935 g/mol. The molecule has 6 amide bonds. The first-order valence-electron chi connectivity index (χ1n) is 22.5. The number of guanidine groups is 1. The number of primary amides is 1. The maximum Gasteiger partial charge on any atom is 0.414 e. The number of nitrogens with two attached hydrogens (primary N) is 1. The molecule has 69 heavy (non-hydrogen) atoms. The smallest absolute Gasteiger partial charge is 0.414 e. The van der Waals surface area contributed by atoms with Gasteiger partial charge in [0.2, 0.25) is 23.7 Å². The van der Waals surface area contributed by atoms with Gasteiger partial charge in [0.05, 0.1) is 0 Å². The van der Waals surface area contributed by atoms with Crippen LogP contribution in [0, 0.1) is 0 Å². The lowest BCUT2D eigenvalue weighted by Gasteiger charge is -2.26. The molecular formula is C53H57N7O9. The van der Waals surface area contributed by atoms with Crippen molar-refractivity contribution in [2.75, 3.05) is 6.54 Å². The Morgan fingerprint density at radius 1 is 0.551 bits per heavy atom. The number of fused-ring (bicyclic) bond motifs is 2. The molecule has 0 aromatic heterocycles. The molecule has 0 bridgehead atoms. The first kappa shape index (κ1) is 50.1. The summed E-state index contributed by atoms with van der Waals surface area (Å²) >= 11 is 0. The number of nitrogens with zero attached hydrogens (tertiary/aromatic N) is 1. The molecule has 0 saturated heterocycles. The quantitative estimate of drug-likeness (QED) is 0.0223. The molecule has 6 aromatic carbocycles. The third-order valence-electron chi connectivity index (χ3n) is 10.6. The molecule has 7 N–H and O–H groups in total. The zero-order valence-electron chi connectivity index (χ0n) is 38.7. The van der Waals surface area contributed by atoms with E-state index in [4.69, 9.17) is 19.9 Å². The van der Waals surface area contributed by atoms with E-state index in [9.17, 15) is 28.8 Å². The number of ether oxygens (including phenoxy) is 3. The zero-order valence-corrected chi connectivity index (χ0v) is 38.7. The van der Waals surface area contributed by atoms with E-state index in [1.165, 1.54) is 0 Å². The van der Waals surface area contributed by atoms with E-state index in [-0.39, 0.29) is 51.4 Å². The highest BCUT2D eigenvalue weighted by molar-refractivity contribution is 6.01. The second-order valence-corrected chi connectivity index (χ2v) is 17.2. The van der Waals surface area contributed by atoms with Gasteiger partial charge >= 0.3 is 18.3 Å². The lowest BCUT2D eigenvalue weighted by molar-refractivity contribution is -0.132. The summed E-state index contributed by atoms with van der Waals surface area (Å²) in [5.41, 5.74) is 7.92. The van der Waals surface area contributed by atoms with Crippen molar-refractivity contribution in [2.24, 2.45) is 10.7 Å². The van der Waals surface area contributed by atoms with Gasteiger partial charge in [-0.05, 0) is 77.4 Å². The van der Waals surface area contributed by atoms with Crippen LogP contribution in [0.2, 0.25) is 0 Å². The molecule has 0 saturated carbocycles. The summed E-state index contributed by atoms with van der Waals surface area (Å²) in [4.78, 5) is 85.2. The van der Waals surface area contributed by atoms with Crippen molar-refractivity contribution in [2.45, 2.75) is 83.4 Å². The highest BCUT2D eigenvalue weighted by Gasteiger charge is 2.31. The van der Waals surface area contributed by atoms with Crippen LogP contribution in [0.4, 0.5) is 14.4 Å². The third kappa shape index (κ3) is 16.2. The largest absolute Gasteiger partial charge is 0.444 e. The highest BCUT2D eigenvalue weighted by Crippen LogP contribution is 2.21. The number of hydrogen-bond donors (Lipinski definition) is 6. The van der Waals surface area contributed by atoms with E-state index < -0.39 is 59.7 Å². The fourth-order valence-corrected chi connectivity index (χ4v) is 7.30. The van der Waals surface area contributed by atoms with Gasteiger partial charge in [-0.1, -0.05) is 146 Å². The van der Waals surface area contributed by atoms with Crippen LogP contribution in [0.3, 0.4) is 0 Å². The van der Waals surface area contributed by atoms with Gasteiger partial charge in [0.25, 0.3) is 0 Å². The Balaban J connectivity index is 1.23. The molecule has 3 atom stereocenters. The van der Waals surface area contributed by atoms with Gasteiger partial charge < -0.3 is 35.9 Å². The number of aliphatic imine (C=N–C) groups is 1. The number of benzene rings is 6. The molecule has 6 aromatic rings. The molecule has 0 aliphatic rings. The number of rotatable bonds is 18. The van der Waals surface area contributed by atoms with Crippen molar-refractivity contribution in [1.29, 1.82) is 0 Å². The fourth-order valence-electron chi connectivity index (χ4n) is 7.30. The molecule has 0 heterocycles. The molecule has 0 fully saturated rings. The third-order valence-corrected chi connectivity index (χ3v) is 10.6. The molecule has 358 valence electrons. The van der Waals surface area contributed by atoms with Crippen molar-refractivity contribution in [3.63, 3.8) is 0 Å². The summed E-state index contributed by atoms with van der Waals surface area (Å²) in [6, 6.07) is 40.8. The van der Waals surface area contributed by atoms with Crippen molar-refractivity contribution in [3.05, 3.63) is 168 Å². The first-order valence-corrected chi connectivity index (χ1v) is 22.5. The van der Waals surface area contributed by atoms with E-state index in [0.29, 0.717) is 0 Å². The Labute approximate surface area is 400 Å². The van der Waals surface area contributed by atoms with Crippen LogP contribution in [0.15, 0.2) is 151 Å². The van der Waals surface area contributed by atoms with Gasteiger partial charge in [-0.15, -0.1) is 0 Å². The highest BCUT2D eigenvalue weighted by atomic mass is 16.6. The standard InChI is InChI=1S/C53H57N7O9/c1-53(2,3)69-52(66)58-45(32-41-24-14-23-39-21-12-13-25-42(39)41)48(63)56-43(47(62)57-44(46(54)61)31-37-27-28-38-20-10-11-22-40(38)30-37)26-15-29-55-49(59-50(64)67-33-35-16-6-4-7-17-35)60-51(65)68-34-36-18-8-5-9-19-36/h4-14,16-25,27-28,30,43-45H,15,26,29,31-34H2,1-3H3,(H2,54,61)(H,56,63)(H,57,62)(H,58,66)(H2,55,59,60,64,65)/t43-,44+,45+/m0/s1. The number of nitrogens with one attached hydrogen (secondary N) is 5. The Bertz CT molecular complexity index is 2700. The summed E-state index contributed by atoms with van der Waals surface area (Å²) in [5, 5.41) is 16.8. The van der Waals surface area contributed by atoms with E-state index in [0.717, 1.165) is 43.8 Å². The number of amides is 6. The van der Waals surface area contributed by atoms with Gasteiger partial charge in [-0.3, -0.25) is 30.0 Å². The zero-order chi connectivity index (χ0) is 49.2. The summed E-state index contributed by atoms with van der Waals surface area (Å²) in [7, 11) is 0. The molecular weight excluding hydrogens is 879 g/mol. The molecule has 0 spiro atoms. The van der Waals surface area contributed by atoms with Crippen LogP contribution >= 0.6 is 0 Å². The van der Waals surface area contributed by atoms with Crippen molar-refractivity contribution < 1.29 is 43.0 Å². The van der Waals surface area contributed by atoms with E-state index in [1.807, 2.05) is 97.1 Å². The van der Waals surface area contributed by atoms with Crippen LogP contribution in [0.5, 0.6) is 0 Å². The lowest BCUT2D eigenvalue weighted by atomic mass is 9.98. The predicted molar refractivity (Wildman–Crippen MR) is 263 cm³/mol. The number of carbonyl (C=O) groups is 6. The lowest BCUT2D eigenvalue weighted by Crippen LogP contribution is -2.57. The number of carbonyl (C=O) groups excluding carboxylic acids is 6. The van der Waals surface area contributed by atoms with Crippen molar-refractivity contribution in [1.82, 2.24) is 26.6 Å². The van der Waals surface area contributed by atoms with Gasteiger partial charge in [0.15, 0.2) is 0 Å².